The highest BCUT2D eigenvalue weighted by atomic mass is 19.4. The van der Waals surface area contributed by atoms with E-state index in [1.165, 1.54) is 12.1 Å². The fraction of sp³-hybridized carbons (Fsp3) is 0.611. The van der Waals surface area contributed by atoms with E-state index in [9.17, 15) is 18.0 Å². The van der Waals surface area contributed by atoms with Crippen molar-refractivity contribution in [3.8, 4) is 0 Å². The van der Waals surface area contributed by atoms with E-state index in [2.05, 4.69) is 0 Å². The minimum absolute atomic E-state index is 0.206. The fourth-order valence-electron chi connectivity index (χ4n) is 3.40. The molecule has 1 saturated heterocycles. The van der Waals surface area contributed by atoms with E-state index in [1.807, 2.05) is 27.7 Å². The maximum absolute atomic E-state index is 13.1. The van der Waals surface area contributed by atoms with Gasteiger partial charge in [-0.1, -0.05) is 30.3 Å². The van der Waals surface area contributed by atoms with Gasteiger partial charge in [0, 0.05) is 11.1 Å². The molecule has 1 aliphatic heterocycles. The van der Waals surface area contributed by atoms with E-state index in [-0.39, 0.29) is 5.56 Å². The third kappa shape index (κ3) is 3.98. The standard InChI is InChI=1S/C18H24F3NO2/c1-16(2)11-8-12-17(3,4)22(16)24-14(15(23)18(19,20)21)13-9-6-5-7-10-13/h5-7,9-10,14H,8,11-12H2,1-4H3. The van der Waals surface area contributed by atoms with E-state index < -0.39 is 29.1 Å². The van der Waals surface area contributed by atoms with Crippen molar-refractivity contribution in [2.24, 2.45) is 0 Å². The second-order valence-electron chi connectivity index (χ2n) is 7.53. The Kier molecular flexibility index (Phi) is 5.11. The molecule has 1 fully saturated rings. The molecule has 2 rings (SSSR count). The van der Waals surface area contributed by atoms with Crippen molar-refractivity contribution < 1.29 is 22.8 Å². The van der Waals surface area contributed by atoms with Gasteiger partial charge in [-0.05, 0) is 52.5 Å². The number of halogens is 3. The lowest BCUT2D eigenvalue weighted by molar-refractivity contribution is -0.306. The first kappa shape index (κ1) is 18.9. The molecule has 0 aliphatic carbocycles. The monoisotopic (exact) mass is 343 g/mol. The number of carbonyl (C=O) groups excluding carboxylic acids is 1. The van der Waals surface area contributed by atoms with Crippen LogP contribution >= 0.6 is 0 Å². The lowest BCUT2D eigenvalue weighted by Gasteiger charge is -2.52. The van der Waals surface area contributed by atoms with Crippen molar-refractivity contribution in [2.75, 3.05) is 0 Å². The molecule has 0 spiro atoms. The molecular weight excluding hydrogens is 319 g/mol. The minimum Gasteiger partial charge on any atom is -0.286 e. The topological polar surface area (TPSA) is 29.5 Å². The smallest absolute Gasteiger partial charge is 0.286 e. The zero-order valence-corrected chi connectivity index (χ0v) is 14.5. The average molecular weight is 343 g/mol. The van der Waals surface area contributed by atoms with Crippen molar-refractivity contribution in [3.05, 3.63) is 35.9 Å². The largest absolute Gasteiger partial charge is 0.453 e. The van der Waals surface area contributed by atoms with Gasteiger partial charge in [0.2, 0.25) is 0 Å². The van der Waals surface area contributed by atoms with Crippen molar-refractivity contribution >= 4 is 5.78 Å². The Morgan fingerprint density at radius 2 is 1.58 bits per heavy atom. The molecule has 0 N–H and O–H groups in total. The Morgan fingerprint density at radius 3 is 2.04 bits per heavy atom. The molecule has 134 valence electrons. The predicted octanol–water partition coefficient (Wildman–Crippen LogP) is 4.83. The van der Waals surface area contributed by atoms with Crippen LogP contribution in [0.3, 0.4) is 0 Å². The zero-order chi connectivity index (χ0) is 18.2. The Balaban J connectivity index is 2.39. The number of carbonyl (C=O) groups is 1. The van der Waals surface area contributed by atoms with Gasteiger partial charge in [-0.3, -0.25) is 9.63 Å². The highest BCUT2D eigenvalue weighted by Crippen LogP contribution is 2.41. The number of Topliss-reactive ketones (excluding diaryl/α,β-unsaturated/α-hetero) is 1. The summed E-state index contributed by atoms with van der Waals surface area (Å²) in [5.74, 6) is -1.88. The number of nitrogens with zero attached hydrogens (tertiary/aromatic N) is 1. The molecule has 1 aromatic rings. The molecular formula is C18H24F3NO2. The highest BCUT2D eigenvalue weighted by molar-refractivity contribution is 5.89. The zero-order valence-electron chi connectivity index (χ0n) is 14.5. The molecule has 0 amide bonds. The number of alkyl halides is 3. The van der Waals surface area contributed by atoms with Crippen molar-refractivity contribution in [3.63, 3.8) is 0 Å². The summed E-state index contributed by atoms with van der Waals surface area (Å²) in [5, 5.41) is 1.59. The van der Waals surface area contributed by atoms with Gasteiger partial charge in [-0.25, -0.2) is 0 Å². The number of ketones is 1. The van der Waals surface area contributed by atoms with Crippen LogP contribution in [0.5, 0.6) is 0 Å². The quantitative estimate of drug-likeness (QED) is 0.784. The number of piperidine rings is 1. The van der Waals surface area contributed by atoms with Gasteiger partial charge in [0.25, 0.3) is 5.78 Å². The SMILES string of the molecule is CC1(C)CCCC(C)(C)N1OC(C(=O)C(F)(F)F)c1ccccc1. The van der Waals surface area contributed by atoms with E-state index in [0.717, 1.165) is 19.3 Å². The summed E-state index contributed by atoms with van der Waals surface area (Å²) in [4.78, 5) is 17.7. The molecule has 3 nitrogen and oxygen atoms in total. The second kappa shape index (κ2) is 6.48. The van der Waals surface area contributed by atoms with Crippen LogP contribution in [0, 0.1) is 0 Å². The van der Waals surface area contributed by atoms with Crippen LogP contribution in [0.25, 0.3) is 0 Å². The maximum Gasteiger partial charge on any atom is 0.453 e. The molecule has 0 aromatic heterocycles. The summed E-state index contributed by atoms with van der Waals surface area (Å²) < 4.78 is 39.2. The summed E-state index contributed by atoms with van der Waals surface area (Å²) in [7, 11) is 0. The fourth-order valence-corrected chi connectivity index (χ4v) is 3.40. The molecule has 6 heteroatoms. The van der Waals surface area contributed by atoms with E-state index >= 15 is 0 Å². The van der Waals surface area contributed by atoms with Gasteiger partial charge in [0.15, 0.2) is 6.10 Å². The Bertz CT molecular complexity index is 566. The van der Waals surface area contributed by atoms with Crippen LogP contribution in [0.4, 0.5) is 13.2 Å². The van der Waals surface area contributed by atoms with E-state index in [4.69, 9.17) is 4.84 Å². The van der Waals surface area contributed by atoms with Gasteiger partial charge >= 0.3 is 6.18 Å². The number of benzene rings is 1. The van der Waals surface area contributed by atoms with Gasteiger partial charge in [-0.15, -0.1) is 0 Å². The minimum atomic E-state index is -4.95. The Labute approximate surface area is 140 Å². The summed E-state index contributed by atoms with van der Waals surface area (Å²) in [6.45, 7) is 7.70. The van der Waals surface area contributed by atoms with E-state index in [1.54, 1.807) is 23.3 Å². The molecule has 0 bridgehead atoms. The first-order valence-corrected chi connectivity index (χ1v) is 8.08. The average Bonchev–Trinajstić information content (AvgIpc) is 2.45. The third-order valence-corrected chi connectivity index (χ3v) is 4.51. The molecule has 0 radical (unpaired) electrons. The normalized spacial score (nSPS) is 22.1. The lowest BCUT2D eigenvalue weighted by atomic mass is 9.82. The Hall–Kier alpha value is -1.40. The first-order chi connectivity index (χ1) is 11.0. The molecule has 0 saturated carbocycles. The Morgan fingerprint density at radius 1 is 1.08 bits per heavy atom. The summed E-state index contributed by atoms with van der Waals surface area (Å²) in [5.41, 5.74) is -0.710. The van der Waals surface area contributed by atoms with Crippen LogP contribution < -0.4 is 0 Å². The number of hydrogen-bond acceptors (Lipinski definition) is 3. The highest BCUT2D eigenvalue weighted by Gasteiger charge is 2.49. The molecule has 24 heavy (non-hydrogen) atoms. The first-order valence-electron chi connectivity index (χ1n) is 8.08. The van der Waals surface area contributed by atoms with Crippen LogP contribution in [-0.2, 0) is 9.63 Å². The van der Waals surface area contributed by atoms with Gasteiger partial charge in [0.05, 0.1) is 0 Å². The second-order valence-corrected chi connectivity index (χ2v) is 7.53. The van der Waals surface area contributed by atoms with Gasteiger partial charge in [-0.2, -0.15) is 18.2 Å². The summed E-state index contributed by atoms with van der Waals surface area (Å²) >= 11 is 0. The predicted molar refractivity (Wildman–Crippen MR) is 85.2 cm³/mol. The summed E-state index contributed by atoms with van der Waals surface area (Å²) in [6.07, 6.45) is -4.10. The molecule has 1 aromatic carbocycles. The molecule has 1 heterocycles. The van der Waals surface area contributed by atoms with Gasteiger partial charge in [0.1, 0.15) is 0 Å². The van der Waals surface area contributed by atoms with Crippen LogP contribution in [0.1, 0.15) is 58.6 Å². The molecule has 1 aliphatic rings. The van der Waals surface area contributed by atoms with Crippen LogP contribution in [-0.4, -0.2) is 28.1 Å². The van der Waals surface area contributed by atoms with Crippen molar-refractivity contribution in [1.29, 1.82) is 0 Å². The third-order valence-electron chi connectivity index (χ3n) is 4.51. The van der Waals surface area contributed by atoms with Crippen LogP contribution in [0.2, 0.25) is 0 Å². The number of rotatable bonds is 4. The van der Waals surface area contributed by atoms with Gasteiger partial charge < -0.3 is 0 Å². The van der Waals surface area contributed by atoms with Crippen molar-refractivity contribution in [1.82, 2.24) is 5.06 Å². The van der Waals surface area contributed by atoms with Crippen LogP contribution in [0.15, 0.2) is 30.3 Å². The molecule has 1 unspecified atom stereocenters. The summed E-state index contributed by atoms with van der Waals surface area (Å²) in [6, 6.07) is 7.85. The van der Waals surface area contributed by atoms with Crippen molar-refractivity contribution in [2.45, 2.75) is 70.3 Å². The number of hydroxylamine groups is 2. The van der Waals surface area contributed by atoms with E-state index in [0.29, 0.717) is 0 Å². The lowest BCUT2D eigenvalue weighted by Crippen LogP contribution is -2.59. The number of hydrogen-bond donors (Lipinski definition) is 0. The molecule has 1 atom stereocenters. The maximum atomic E-state index is 13.1.